The highest BCUT2D eigenvalue weighted by Gasteiger charge is 2.35. The van der Waals surface area contributed by atoms with Crippen LogP contribution in [0.2, 0.25) is 0 Å². The van der Waals surface area contributed by atoms with Crippen molar-refractivity contribution in [3.05, 3.63) is 98.8 Å². The van der Waals surface area contributed by atoms with Crippen LogP contribution in [0.3, 0.4) is 0 Å². The van der Waals surface area contributed by atoms with Crippen molar-refractivity contribution in [1.82, 2.24) is 4.40 Å². The van der Waals surface area contributed by atoms with Crippen LogP contribution in [0, 0.1) is 13.8 Å². The van der Waals surface area contributed by atoms with Crippen molar-refractivity contribution in [2.24, 2.45) is 0 Å². The van der Waals surface area contributed by atoms with Gasteiger partial charge in [-0.15, -0.1) is 0 Å². The Labute approximate surface area is 205 Å². The smallest absolute Gasteiger partial charge is 0.341 e. The van der Waals surface area contributed by atoms with Crippen LogP contribution in [0.5, 0.6) is 0 Å². The normalized spacial score (nSPS) is 10.9. The van der Waals surface area contributed by atoms with Gasteiger partial charge in [-0.1, -0.05) is 46.3 Å². The second-order valence-electron chi connectivity index (χ2n) is 7.79. The number of carbonyl (C=O) groups excluding carboxylic acids is 3. The van der Waals surface area contributed by atoms with Gasteiger partial charge in [0.2, 0.25) is 5.78 Å². The zero-order valence-electron chi connectivity index (χ0n) is 19.1. The van der Waals surface area contributed by atoms with Gasteiger partial charge >= 0.3 is 11.9 Å². The van der Waals surface area contributed by atoms with Crippen LogP contribution >= 0.6 is 15.9 Å². The average Bonchev–Trinajstić information content (AvgIpc) is 3.23. The van der Waals surface area contributed by atoms with E-state index in [1.807, 2.05) is 50.2 Å². The fraction of sp³-hybridized carbons (Fsp3) is 0.148. The molecule has 7 heteroatoms. The summed E-state index contributed by atoms with van der Waals surface area (Å²) in [5.74, 6) is -1.92. The Kier molecular flexibility index (Phi) is 6.39. The largest absolute Gasteiger partial charge is 0.465 e. The number of carbonyl (C=O) groups is 3. The Balaban J connectivity index is 2.17. The summed E-state index contributed by atoms with van der Waals surface area (Å²) in [7, 11) is 2.46. The predicted octanol–water partition coefficient (Wildman–Crippen LogP) is 5.79. The molecule has 0 aliphatic rings. The van der Waals surface area contributed by atoms with Gasteiger partial charge in [0.05, 0.1) is 19.7 Å². The number of aryl methyl sites for hydroxylation is 2. The Morgan fingerprint density at radius 2 is 1.41 bits per heavy atom. The Morgan fingerprint density at radius 3 is 2.00 bits per heavy atom. The van der Waals surface area contributed by atoms with Gasteiger partial charge in [0.15, 0.2) is 0 Å². The van der Waals surface area contributed by atoms with Crippen molar-refractivity contribution in [2.45, 2.75) is 13.8 Å². The molecule has 0 bridgehead atoms. The van der Waals surface area contributed by atoms with E-state index in [1.54, 1.807) is 28.7 Å². The molecule has 6 nitrogen and oxygen atoms in total. The molecule has 34 heavy (non-hydrogen) atoms. The van der Waals surface area contributed by atoms with Crippen molar-refractivity contribution in [2.75, 3.05) is 14.2 Å². The van der Waals surface area contributed by atoms with E-state index in [0.717, 1.165) is 21.2 Å². The molecule has 0 amide bonds. The lowest BCUT2D eigenvalue weighted by Gasteiger charge is -2.14. The number of ketones is 1. The van der Waals surface area contributed by atoms with E-state index in [4.69, 9.17) is 9.47 Å². The zero-order chi connectivity index (χ0) is 24.6. The van der Waals surface area contributed by atoms with E-state index in [1.165, 1.54) is 14.2 Å². The molecule has 4 rings (SSSR count). The average molecular weight is 520 g/mol. The number of benzene rings is 2. The van der Waals surface area contributed by atoms with Crippen molar-refractivity contribution in [1.29, 1.82) is 0 Å². The molecule has 2 aromatic heterocycles. The molecular formula is C27H22BrNO5. The number of methoxy groups -OCH3 is 2. The van der Waals surface area contributed by atoms with Crippen LogP contribution in [0.15, 0.2) is 65.1 Å². The van der Waals surface area contributed by atoms with Gasteiger partial charge in [-0.2, -0.15) is 0 Å². The standard InChI is InChI=1S/C27H22BrNO5/c1-15-14-20(17-8-6-5-7-9-17)16(2)23-21(26(31)33-3)22(27(32)34-4)24(29(15)23)25(30)18-10-12-19(28)13-11-18/h5-14H,1-4H3. The number of aromatic nitrogens is 1. The maximum absolute atomic E-state index is 13.8. The quantitative estimate of drug-likeness (QED) is 0.246. The summed E-state index contributed by atoms with van der Waals surface area (Å²) in [6, 6.07) is 18.5. The molecule has 0 saturated heterocycles. The SMILES string of the molecule is COC(=O)c1c(C(=O)OC)c2c(C)c(-c3ccccc3)cc(C)n2c1C(=O)c1ccc(Br)cc1. The number of hydrogen-bond acceptors (Lipinski definition) is 5. The molecule has 0 spiro atoms. The number of hydrogen-bond donors (Lipinski definition) is 0. The molecule has 0 unspecified atom stereocenters. The van der Waals surface area contributed by atoms with Gasteiger partial charge in [0.1, 0.15) is 16.8 Å². The minimum absolute atomic E-state index is 0.00759. The van der Waals surface area contributed by atoms with Crippen LogP contribution in [0.25, 0.3) is 16.6 Å². The molecule has 2 heterocycles. The van der Waals surface area contributed by atoms with Crippen molar-refractivity contribution in [3.63, 3.8) is 0 Å². The van der Waals surface area contributed by atoms with Gasteiger partial charge in [0, 0.05) is 15.7 Å². The molecular weight excluding hydrogens is 498 g/mol. The third-order valence-corrected chi connectivity index (χ3v) is 6.35. The summed E-state index contributed by atoms with van der Waals surface area (Å²) < 4.78 is 12.5. The van der Waals surface area contributed by atoms with Gasteiger partial charge in [-0.25, -0.2) is 9.59 Å². The maximum atomic E-state index is 13.8. The predicted molar refractivity (Wildman–Crippen MR) is 133 cm³/mol. The highest BCUT2D eigenvalue weighted by molar-refractivity contribution is 9.10. The van der Waals surface area contributed by atoms with Gasteiger partial charge in [-0.3, -0.25) is 4.79 Å². The number of fused-ring (bicyclic) bond motifs is 1. The molecule has 0 saturated carbocycles. The topological polar surface area (TPSA) is 74.1 Å². The van der Waals surface area contributed by atoms with Gasteiger partial charge in [0.25, 0.3) is 0 Å². The molecule has 0 fully saturated rings. The number of rotatable bonds is 5. The van der Waals surface area contributed by atoms with Crippen LogP contribution in [0.1, 0.15) is 48.0 Å². The van der Waals surface area contributed by atoms with Gasteiger partial charge < -0.3 is 13.9 Å². The Morgan fingerprint density at radius 1 is 0.824 bits per heavy atom. The third-order valence-electron chi connectivity index (χ3n) is 5.82. The first-order valence-electron chi connectivity index (χ1n) is 10.5. The molecule has 0 N–H and O–H groups in total. The molecule has 0 aliphatic carbocycles. The lowest BCUT2D eigenvalue weighted by Crippen LogP contribution is -2.15. The zero-order valence-corrected chi connectivity index (χ0v) is 20.7. The van der Waals surface area contributed by atoms with E-state index in [2.05, 4.69) is 15.9 Å². The number of ether oxygens (including phenoxy) is 2. The summed E-state index contributed by atoms with van der Waals surface area (Å²) in [5.41, 5.74) is 4.00. The second-order valence-corrected chi connectivity index (χ2v) is 8.71. The molecule has 172 valence electrons. The van der Waals surface area contributed by atoms with E-state index in [9.17, 15) is 14.4 Å². The third kappa shape index (κ3) is 3.82. The minimum atomic E-state index is -0.787. The number of halogens is 1. The lowest BCUT2D eigenvalue weighted by atomic mass is 9.98. The van der Waals surface area contributed by atoms with E-state index in [-0.39, 0.29) is 16.8 Å². The summed E-state index contributed by atoms with van der Waals surface area (Å²) in [6.45, 7) is 3.69. The van der Waals surface area contributed by atoms with E-state index < -0.39 is 17.7 Å². The monoisotopic (exact) mass is 519 g/mol. The van der Waals surface area contributed by atoms with Crippen LogP contribution in [0.4, 0.5) is 0 Å². The second kappa shape index (κ2) is 9.27. The van der Waals surface area contributed by atoms with E-state index >= 15 is 0 Å². The Bertz CT molecular complexity index is 1440. The van der Waals surface area contributed by atoms with Crippen molar-refractivity contribution in [3.8, 4) is 11.1 Å². The van der Waals surface area contributed by atoms with E-state index in [0.29, 0.717) is 16.8 Å². The lowest BCUT2D eigenvalue weighted by molar-refractivity contribution is 0.0556. The summed E-state index contributed by atoms with van der Waals surface area (Å²) in [5, 5.41) is 0. The summed E-state index contributed by atoms with van der Waals surface area (Å²) in [6.07, 6.45) is 0. The number of nitrogens with zero attached hydrogens (tertiary/aromatic N) is 1. The fourth-order valence-electron chi connectivity index (χ4n) is 4.26. The number of esters is 2. The molecule has 0 aliphatic heterocycles. The number of pyridine rings is 1. The van der Waals surface area contributed by atoms with Crippen LogP contribution in [-0.2, 0) is 9.47 Å². The molecule has 4 aromatic rings. The summed E-state index contributed by atoms with van der Waals surface area (Å²) >= 11 is 3.37. The summed E-state index contributed by atoms with van der Waals surface area (Å²) in [4.78, 5) is 39.8. The minimum Gasteiger partial charge on any atom is -0.465 e. The van der Waals surface area contributed by atoms with Crippen LogP contribution < -0.4 is 0 Å². The molecule has 2 aromatic carbocycles. The molecule has 0 atom stereocenters. The van der Waals surface area contributed by atoms with Gasteiger partial charge in [-0.05, 0) is 60.9 Å². The van der Waals surface area contributed by atoms with Crippen molar-refractivity contribution < 1.29 is 23.9 Å². The fourth-order valence-corrected chi connectivity index (χ4v) is 4.53. The Hall–Kier alpha value is -3.71. The van der Waals surface area contributed by atoms with Crippen LogP contribution in [-0.4, -0.2) is 36.3 Å². The highest BCUT2D eigenvalue weighted by Crippen LogP contribution is 2.36. The maximum Gasteiger partial charge on any atom is 0.341 e. The highest BCUT2D eigenvalue weighted by atomic mass is 79.9. The first kappa shape index (κ1) is 23.4. The first-order valence-corrected chi connectivity index (χ1v) is 11.3. The van der Waals surface area contributed by atoms with Crippen molar-refractivity contribution >= 4 is 39.2 Å². The first-order chi connectivity index (χ1) is 16.3. The molecule has 0 radical (unpaired) electrons.